The number of hydrogen-bond acceptors (Lipinski definition) is 4. The zero-order valence-electron chi connectivity index (χ0n) is 14.3. The van der Waals surface area contributed by atoms with E-state index in [2.05, 4.69) is 5.32 Å². The van der Waals surface area contributed by atoms with Crippen LogP contribution in [0.15, 0.2) is 41.3 Å². The van der Waals surface area contributed by atoms with Gasteiger partial charge in [-0.1, -0.05) is 31.4 Å². The van der Waals surface area contributed by atoms with Gasteiger partial charge in [0.15, 0.2) is 0 Å². The monoisotopic (exact) mass is 364 g/mol. The molecule has 0 saturated heterocycles. The van der Waals surface area contributed by atoms with Crippen molar-refractivity contribution < 1.29 is 17.9 Å². The number of hydrogen-bond donors (Lipinski definition) is 1. The summed E-state index contributed by atoms with van der Waals surface area (Å²) < 4.78 is 32.1. The van der Waals surface area contributed by atoms with E-state index in [0.29, 0.717) is 5.75 Å². The molecule has 0 aromatic heterocycles. The highest BCUT2D eigenvalue weighted by molar-refractivity contribution is 7.89. The molecular formula is C18H24N2O4S. The maximum atomic E-state index is 12.9. The highest BCUT2D eigenvalue weighted by atomic mass is 32.2. The van der Waals surface area contributed by atoms with Crippen LogP contribution in [0.1, 0.15) is 32.1 Å². The fourth-order valence-corrected chi connectivity index (χ4v) is 4.88. The van der Waals surface area contributed by atoms with E-state index in [0.717, 1.165) is 25.7 Å². The lowest BCUT2D eigenvalue weighted by Crippen LogP contribution is -2.49. The summed E-state index contributed by atoms with van der Waals surface area (Å²) in [6.45, 7) is 0.205. The topological polar surface area (TPSA) is 75.7 Å². The Hall–Kier alpha value is -1.86. The van der Waals surface area contributed by atoms with Crippen LogP contribution >= 0.6 is 0 Å². The SMILES string of the molecule is COc1ccc(S(=O)(=O)N2CC=C[C@H]2C(=O)NC2CCCCC2)cc1. The summed E-state index contributed by atoms with van der Waals surface area (Å²) in [7, 11) is -2.22. The number of carbonyl (C=O) groups excluding carboxylic acids is 1. The second kappa shape index (κ2) is 7.58. The van der Waals surface area contributed by atoms with Crippen molar-refractivity contribution in [1.82, 2.24) is 9.62 Å². The summed E-state index contributed by atoms with van der Waals surface area (Å²) in [6.07, 6.45) is 8.75. The van der Waals surface area contributed by atoms with Crippen molar-refractivity contribution in [3.63, 3.8) is 0 Å². The molecule has 0 spiro atoms. The van der Waals surface area contributed by atoms with Crippen molar-refractivity contribution in [3.05, 3.63) is 36.4 Å². The quantitative estimate of drug-likeness (QED) is 0.812. The molecule has 1 aromatic carbocycles. The molecule has 1 N–H and O–H groups in total. The van der Waals surface area contributed by atoms with Gasteiger partial charge in [-0.2, -0.15) is 4.31 Å². The van der Waals surface area contributed by atoms with Crippen molar-refractivity contribution in [2.24, 2.45) is 0 Å². The number of rotatable bonds is 5. The lowest BCUT2D eigenvalue weighted by atomic mass is 9.95. The van der Waals surface area contributed by atoms with E-state index >= 15 is 0 Å². The number of ether oxygens (including phenoxy) is 1. The van der Waals surface area contributed by atoms with Crippen molar-refractivity contribution in [2.45, 2.75) is 49.1 Å². The zero-order chi connectivity index (χ0) is 17.9. The second-order valence-corrected chi connectivity index (χ2v) is 8.36. The summed E-state index contributed by atoms with van der Waals surface area (Å²) in [4.78, 5) is 12.8. The van der Waals surface area contributed by atoms with E-state index in [1.165, 1.54) is 30.0 Å². The molecule has 2 aliphatic rings. The number of methoxy groups -OCH3 is 1. The summed E-state index contributed by atoms with van der Waals surface area (Å²) in [5.74, 6) is 0.350. The lowest BCUT2D eigenvalue weighted by molar-refractivity contribution is -0.124. The van der Waals surface area contributed by atoms with Crippen LogP contribution in [-0.4, -0.2) is 44.4 Å². The van der Waals surface area contributed by atoms with Gasteiger partial charge in [0.25, 0.3) is 0 Å². The van der Waals surface area contributed by atoms with Gasteiger partial charge in [-0.15, -0.1) is 0 Å². The van der Waals surface area contributed by atoms with E-state index in [4.69, 9.17) is 4.74 Å². The van der Waals surface area contributed by atoms with Crippen LogP contribution in [-0.2, 0) is 14.8 Å². The van der Waals surface area contributed by atoms with Crippen molar-refractivity contribution in [2.75, 3.05) is 13.7 Å². The molecule has 0 radical (unpaired) electrons. The molecular weight excluding hydrogens is 340 g/mol. The standard InChI is InChI=1S/C18H24N2O4S/c1-24-15-9-11-16(12-10-15)25(22,23)20-13-5-8-17(20)18(21)19-14-6-3-2-4-7-14/h5,8-12,14,17H,2-4,6-7,13H2,1H3,(H,19,21)/t17-/m0/s1. The Labute approximate surface area is 148 Å². The van der Waals surface area contributed by atoms with Crippen molar-refractivity contribution >= 4 is 15.9 Å². The van der Waals surface area contributed by atoms with Crippen LogP contribution in [0.25, 0.3) is 0 Å². The normalized spacial score (nSPS) is 22.0. The molecule has 25 heavy (non-hydrogen) atoms. The molecule has 1 atom stereocenters. The van der Waals surface area contributed by atoms with Crippen LogP contribution in [0.2, 0.25) is 0 Å². The average Bonchev–Trinajstić information content (AvgIpc) is 3.13. The van der Waals surface area contributed by atoms with E-state index < -0.39 is 16.1 Å². The van der Waals surface area contributed by atoms with Crippen molar-refractivity contribution in [1.29, 1.82) is 0 Å². The molecule has 1 aliphatic carbocycles. The average molecular weight is 364 g/mol. The van der Waals surface area contributed by atoms with E-state index in [1.54, 1.807) is 24.3 Å². The first-order chi connectivity index (χ1) is 12.0. The van der Waals surface area contributed by atoms with Crippen LogP contribution in [0.3, 0.4) is 0 Å². The maximum absolute atomic E-state index is 12.9. The van der Waals surface area contributed by atoms with Gasteiger partial charge >= 0.3 is 0 Å². The fraction of sp³-hybridized carbons (Fsp3) is 0.500. The zero-order valence-corrected chi connectivity index (χ0v) is 15.2. The third kappa shape index (κ3) is 3.88. The van der Waals surface area contributed by atoms with Crippen LogP contribution in [0.5, 0.6) is 5.75 Å². The van der Waals surface area contributed by atoms with E-state index in [-0.39, 0.29) is 23.4 Å². The van der Waals surface area contributed by atoms with Gasteiger partial charge in [-0.3, -0.25) is 4.79 Å². The Balaban J connectivity index is 1.74. The molecule has 1 fully saturated rings. The molecule has 6 nitrogen and oxygen atoms in total. The third-order valence-electron chi connectivity index (χ3n) is 4.80. The molecule has 1 heterocycles. The minimum absolute atomic E-state index is 0.154. The predicted molar refractivity (Wildman–Crippen MR) is 94.8 cm³/mol. The second-order valence-electron chi connectivity index (χ2n) is 6.47. The van der Waals surface area contributed by atoms with Gasteiger partial charge in [0, 0.05) is 12.6 Å². The molecule has 1 aromatic rings. The number of amides is 1. The van der Waals surface area contributed by atoms with E-state index in [1.807, 2.05) is 0 Å². The summed E-state index contributed by atoms with van der Waals surface area (Å²) in [6, 6.07) is 5.58. The highest BCUT2D eigenvalue weighted by Crippen LogP contribution is 2.25. The van der Waals surface area contributed by atoms with Crippen LogP contribution < -0.4 is 10.1 Å². The lowest BCUT2D eigenvalue weighted by Gasteiger charge is -2.27. The number of nitrogens with zero attached hydrogens (tertiary/aromatic N) is 1. The summed E-state index contributed by atoms with van der Waals surface area (Å²) in [5, 5.41) is 3.02. The molecule has 7 heteroatoms. The Bertz CT molecular complexity index is 737. The minimum atomic E-state index is -3.74. The summed E-state index contributed by atoms with van der Waals surface area (Å²) in [5.41, 5.74) is 0. The smallest absolute Gasteiger partial charge is 0.244 e. The van der Waals surface area contributed by atoms with Gasteiger partial charge in [0.2, 0.25) is 15.9 Å². The van der Waals surface area contributed by atoms with Gasteiger partial charge in [0.05, 0.1) is 12.0 Å². The minimum Gasteiger partial charge on any atom is -0.497 e. The maximum Gasteiger partial charge on any atom is 0.244 e. The van der Waals surface area contributed by atoms with E-state index in [9.17, 15) is 13.2 Å². The molecule has 1 saturated carbocycles. The predicted octanol–water partition coefficient (Wildman–Crippen LogP) is 2.07. The van der Waals surface area contributed by atoms with Crippen LogP contribution in [0, 0.1) is 0 Å². The first kappa shape index (κ1) is 17.9. The molecule has 1 aliphatic heterocycles. The number of benzene rings is 1. The Morgan fingerprint density at radius 2 is 1.84 bits per heavy atom. The Kier molecular flexibility index (Phi) is 5.44. The first-order valence-electron chi connectivity index (χ1n) is 8.65. The largest absolute Gasteiger partial charge is 0.497 e. The highest BCUT2D eigenvalue weighted by Gasteiger charge is 2.37. The van der Waals surface area contributed by atoms with Gasteiger partial charge in [0.1, 0.15) is 11.8 Å². The van der Waals surface area contributed by atoms with Crippen molar-refractivity contribution in [3.8, 4) is 5.75 Å². The molecule has 1 amide bonds. The molecule has 0 bridgehead atoms. The number of sulfonamides is 1. The summed E-state index contributed by atoms with van der Waals surface area (Å²) >= 11 is 0. The van der Waals surface area contributed by atoms with Gasteiger partial charge < -0.3 is 10.1 Å². The molecule has 0 unspecified atom stereocenters. The Morgan fingerprint density at radius 1 is 1.16 bits per heavy atom. The molecule has 3 rings (SSSR count). The van der Waals surface area contributed by atoms with Gasteiger partial charge in [-0.25, -0.2) is 8.42 Å². The number of carbonyl (C=O) groups is 1. The van der Waals surface area contributed by atoms with Crippen LogP contribution in [0.4, 0.5) is 0 Å². The fourth-order valence-electron chi connectivity index (χ4n) is 3.39. The number of nitrogens with one attached hydrogen (secondary N) is 1. The Morgan fingerprint density at radius 3 is 2.48 bits per heavy atom. The molecule has 136 valence electrons. The van der Waals surface area contributed by atoms with Gasteiger partial charge in [-0.05, 0) is 37.1 Å². The first-order valence-corrected chi connectivity index (χ1v) is 10.1. The third-order valence-corrected chi connectivity index (χ3v) is 6.66.